The number of nitrogens with one attached hydrogen (secondary N) is 1. The molecule has 0 radical (unpaired) electrons. The SMILES string of the molecule is CC(C)C1(O)CN(Cc2nc3ccccc3c(=O)[nH]2)C1. The van der Waals surface area contributed by atoms with E-state index < -0.39 is 5.60 Å². The molecular formula is C15H19N3O2. The number of fused-ring (bicyclic) bond motifs is 1. The fourth-order valence-corrected chi connectivity index (χ4v) is 2.63. The average molecular weight is 273 g/mol. The maximum atomic E-state index is 12.0. The van der Waals surface area contributed by atoms with Crippen LogP contribution in [-0.4, -0.2) is 38.7 Å². The van der Waals surface area contributed by atoms with E-state index in [-0.39, 0.29) is 11.5 Å². The Morgan fingerprint density at radius 1 is 1.40 bits per heavy atom. The second-order valence-corrected chi connectivity index (χ2v) is 5.93. The molecule has 0 bridgehead atoms. The first-order valence-corrected chi connectivity index (χ1v) is 6.91. The summed E-state index contributed by atoms with van der Waals surface area (Å²) >= 11 is 0. The van der Waals surface area contributed by atoms with Gasteiger partial charge in [-0.1, -0.05) is 26.0 Å². The number of H-pyrrole nitrogens is 1. The average Bonchev–Trinajstić information content (AvgIpc) is 2.36. The van der Waals surface area contributed by atoms with E-state index in [9.17, 15) is 9.90 Å². The van der Waals surface area contributed by atoms with E-state index >= 15 is 0 Å². The zero-order chi connectivity index (χ0) is 14.3. The van der Waals surface area contributed by atoms with Crippen molar-refractivity contribution in [2.75, 3.05) is 13.1 Å². The normalized spacial score (nSPS) is 18.4. The van der Waals surface area contributed by atoms with E-state index in [0.29, 0.717) is 36.4 Å². The Hall–Kier alpha value is -1.72. The first-order chi connectivity index (χ1) is 9.48. The molecule has 1 saturated heterocycles. The molecule has 2 aromatic rings. The highest BCUT2D eigenvalue weighted by Crippen LogP contribution is 2.29. The molecule has 0 aliphatic carbocycles. The molecule has 1 fully saturated rings. The summed E-state index contributed by atoms with van der Waals surface area (Å²) in [6, 6.07) is 7.32. The highest BCUT2D eigenvalue weighted by atomic mass is 16.3. The molecule has 1 aliphatic rings. The van der Waals surface area contributed by atoms with Gasteiger partial charge in [-0.2, -0.15) is 0 Å². The number of aliphatic hydroxyl groups is 1. The lowest BCUT2D eigenvalue weighted by Gasteiger charge is -2.48. The number of hydrogen-bond donors (Lipinski definition) is 2. The number of nitrogens with zero attached hydrogens (tertiary/aromatic N) is 2. The summed E-state index contributed by atoms with van der Waals surface area (Å²) in [7, 11) is 0. The summed E-state index contributed by atoms with van der Waals surface area (Å²) in [4.78, 5) is 21.3. The van der Waals surface area contributed by atoms with E-state index in [1.54, 1.807) is 6.07 Å². The van der Waals surface area contributed by atoms with Gasteiger partial charge in [0.25, 0.3) is 5.56 Å². The summed E-state index contributed by atoms with van der Waals surface area (Å²) in [5.41, 5.74) is 0.00748. The first kappa shape index (κ1) is 13.3. The molecule has 5 heteroatoms. The van der Waals surface area contributed by atoms with Crippen LogP contribution in [0.5, 0.6) is 0 Å². The van der Waals surface area contributed by atoms with E-state index in [1.165, 1.54) is 0 Å². The molecule has 0 unspecified atom stereocenters. The molecule has 0 saturated carbocycles. The minimum Gasteiger partial charge on any atom is -0.387 e. The summed E-state index contributed by atoms with van der Waals surface area (Å²) < 4.78 is 0. The van der Waals surface area contributed by atoms with Crippen molar-refractivity contribution in [3.63, 3.8) is 0 Å². The van der Waals surface area contributed by atoms with E-state index in [0.717, 1.165) is 0 Å². The molecule has 1 aromatic heterocycles. The van der Waals surface area contributed by atoms with Crippen LogP contribution in [0.4, 0.5) is 0 Å². The number of para-hydroxylation sites is 1. The van der Waals surface area contributed by atoms with Gasteiger partial charge in [-0.15, -0.1) is 0 Å². The Morgan fingerprint density at radius 3 is 2.80 bits per heavy atom. The van der Waals surface area contributed by atoms with Crippen molar-refractivity contribution in [2.24, 2.45) is 5.92 Å². The van der Waals surface area contributed by atoms with Crippen molar-refractivity contribution in [1.82, 2.24) is 14.9 Å². The van der Waals surface area contributed by atoms with Crippen LogP contribution in [-0.2, 0) is 6.54 Å². The lowest BCUT2D eigenvalue weighted by molar-refractivity contribution is -0.131. The van der Waals surface area contributed by atoms with Crippen LogP contribution in [0.1, 0.15) is 19.7 Å². The number of aromatic nitrogens is 2. The Morgan fingerprint density at radius 2 is 2.10 bits per heavy atom. The number of aromatic amines is 1. The third-order valence-electron chi connectivity index (χ3n) is 4.10. The minimum atomic E-state index is -0.600. The number of likely N-dealkylation sites (tertiary alicyclic amines) is 1. The van der Waals surface area contributed by atoms with Crippen LogP contribution in [0.15, 0.2) is 29.1 Å². The van der Waals surface area contributed by atoms with Gasteiger partial charge in [-0.05, 0) is 18.1 Å². The fraction of sp³-hybridized carbons (Fsp3) is 0.467. The van der Waals surface area contributed by atoms with Gasteiger partial charge >= 0.3 is 0 Å². The second-order valence-electron chi connectivity index (χ2n) is 5.93. The number of β-amino-alcohol motifs (C(OH)–C–C–N with tert-alkyl or cyclic N) is 1. The standard InChI is InChI=1S/C15H19N3O2/c1-10(2)15(20)8-18(9-15)7-13-16-12-6-4-3-5-11(12)14(19)17-13/h3-6,10,20H,7-9H2,1-2H3,(H,16,17,19). The van der Waals surface area contributed by atoms with Crippen LogP contribution >= 0.6 is 0 Å². The zero-order valence-electron chi connectivity index (χ0n) is 11.8. The van der Waals surface area contributed by atoms with Gasteiger partial charge in [0.05, 0.1) is 23.0 Å². The van der Waals surface area contributed by atoms with Crippen molar-refractivity contribution in [3.05, 3.63) is 40.4 Å². The summed E-state index contributed by atoms with van der Waals surface area (Å²) in [6.07, 6.45) is 0. The third kappa shape index (κ3) is 2.23. The summed E-state index contributed by atoms with van der Waals surface area (Å²) in [5, 5.41) is 10.8. The molecule has 1 aromatic carbocycles. The Labute approximate surface area is 117 Å². The van der Waals surface area contributed by atoms with Crippen molar-refractivity contribution >= 4 is 10.9 Å². The predicted molar refractivity (Wildman–Crippen MR) is 77.4 cm³/mol. The molecule has 2 heterocycles. The molecule has 2 N–H and O–H groups in total. The molecule has 20 heavy (non-hydrogen) atoms. The predicted octanol–water partition coefficient (Wildman–Crippen LogP) is 1.13. The molecule has 0 amide bonds. The fourth-order valence-electron chi connectivity index (χ4n) is 2.63. The topological polar surface area (TPSA) is 69.2 Å². The first-order valence-electron chi connectivity index (χ1n) is 6.91. The van der Waals surface area contributed by atoms with Crippen LogP contribution in [0.25, 0.3) is 10.9 Å². The van der Waals surface area contributed by atoms with Gasteiger partial charge in [0.1, 0.15) is 5.82 Å². The van der Waals surface area contributed by atoms with Crippen LogP contribution in [0.2, 0.25) is 0 Å². The minimum absolute atomic E-state index is 0.106. The van der Waals surface area contributed by atoms with Crippen LogP contribution in [0, 0.1) is 5.92 Å². The lowest BCUT2D eigenvalue weighted by atomic mass is 9.83. The van der Waals surface area contributed by atoms with Gasteiger partial charge in [0, 0.05) is 13.1 Å². The molecule has 0 spiro atoms. The van der Waals surface area contributed by atoms with Crippen molar-refractivity contribution in [1.29, 1.82) is 0 Å². The monoisotopic (exact) mass is 273 g/mol. The zero-order valence-corrected chi connectivity index (χ0v) is 11.8. The molecule has 3 rings (SSSR count). The molecule has 106 valence electrons. The second kappa shape index (κ2) is 4.68. The summed E-state index contributed by atoms with van der Waals surface area (Å²) in [5.74, 6) is 0.891. The highest BCUT2D eigenvalue weighted by Gasteiger charge is 2.43. The Bertz CT molecular complexity index is 687. The number of rotatable bonds is 3. The quantitative estimate of drug-likeness (QED) is 0.879. The van der Waals surface area contributed by atoms with Crippen molar-refractivity contribution < 1.29 is 5.11 Å². The summed E-state index contributed by atoms with van der Waals surface area (Å²) in [6.45, 7) is 5.86. The Kier molecular flexibility index (Phi) is 3.11. The largest absolute Gasteiger partial charge is 0.387 e. The van der Waals surface area contributed by atoms with E-state index in [2.05, 4.69) is 14.9 Å². The molecular weight excluding hydrogens is 254 g/mol. The van der Waals surface area contributed by atoms with Crippen molar-refractivity contribution in [3.8, 4) is 0 Å². The van der Waals surface area contributed by atoms with E-state index in [1.807, 2.05) is 32.0 Å². The van der Waals surface area contributed by atoms with Gasteiger partial charge < -0.3 is 10.1 Å². The van der Waals surface area contributed by atoms with Crippen LogP contribution < -0.4 is 5.56 Å². The smallest absolute Gasteiger partial charge is 0.258 e. The van der Waals surface area contributed by atoms with Gasteiger partial charge in [-0.3, -0.25) is 9.69 Å². The third-order valence-corrected chi connectivity index (χ3v) is 4.10. The van der Waals surface area contributed by atoms with Gasteiger partial charge in [0.15, 0.2) is 0 Å². The number of benzene rings is 1. The van der Waals surface area contributed by atoms with Crippen molar-refractivity contribution in [2.45, 2.75) is 26.0 Å². The molecule has 5 nitrogen and oxygen atoms in total. The Balaban J connectivity index is 1.78. The van der Waals surface area contributed by atoms with Gasteiger partial charge in [-0.25, -0.2) is 4.98 Å². The molecule has 0 atom stereocenters. The number of hydrogen-bond acceptors (Lipinski definition) is 4. The van der Waals surface area contributed by atoms with Gasteiger partial charge in [0.2, 0.25) is 0 Å². The maximum absolute atomic E-state index is 12.0. The highest BCUT2D eigenvalue weighted by molar-refractivity contribution is 5.77. The van der Waals surface area contributed by atoms with Crippen LogP contribution in [0.3, 0.4) is 0 Å². The van der Waals surface area contributed by atoms with E-state index in [4.69, 9.17) is 0 Å². The lowest BCUT2D eigenvalue weighted by Crippen LogP contribution is -2.64. The maximum Gasteiger partial charge on any atom is 0.258 e. The molecule has 1 aliphatic heterocycles.